The molecule has 0 radical (unpaired) electrons. The van der Waals surface area contributed by atoms with Crippen LogP contribution in [0.5, 0.6) is 0 Å². The van der Waals surface area contributed by atoms with E-state index >= 15 is 0 Å². The van der Waals surface area contributed by atoms with Gasteiger partial charge in [0.15, 0.2) is 0 Å². The van der Waals surface area contributed by atoms with Crippen LogP contribution in [0.25, 0.3) is 0 Å². The summed E-state index contributed by atoms with van der Waals surface area (Å²) in [5, 5.41) is 3.10. The van der Waals surface area contributed by atoms with Gasteiger partial charge in [-0.25, -0.2) is 18.1 Å². The van der Waals surface area contributed by atoms with Crippen LogP contribution in [-0.4, -0.2) is 26.5 Å². The van der Waals surface area contributed by atoms with E-state index in [9.17, 15) is 8.42 Å². The Bertz CT molecular complexity index is 617. The average Bonchev–Trinajstić information content (AvgIpc) is 2.41. The molecule has 0 saturated heterocycles. The maximum Gasteiger partial charge on any atom is 0.242 e. The Labute approximate surface area is 131 Å². The molecular weight excluding hydrogens is 310 g/mol. The zero-order valence-electron chi connectivity index (χ0n) is 12.6. The monoisotopic (exact) mass is 331 g/mol. The number of pyridine rings is 1. The lowest BCUT2D eigenvalue weighted by atomic mass is 9.74. The lowest BCUT2D eigenvalue weighted by molar-refractivity contribution is 0.188. The van der Waals surface area contributed by atoms with Crippen molar-refractivity contribution in [2.24, 2.45) is 5.41 Å². The first-order chi connectivity index (χ1) is 9.76. The SMILES string of the molecule is CNc1ncc(S(=O)(=O)NC2CCCCC2(C)C)cc1Cl. The first kappa shape index (κ1) is 16.5. The van der Waals surface area contributed by atoms with Crippen LogP contribution in [-0.2, 0) is 10.0 Å². The number of hydrogen-bond acceptors (Lipinski definition) is 4. The van der Waals surface area contributed by atoms with Crippen molar-refractivity contribution in [3.63, 3.8) is 0 Å². The number of anilines is 1. The summed E-state index contributed by atoms with van der Waals surface area (Å²) in [5.41, 5.74) is -0.0343. The highest BCUT2D eigenvalue weighted by molar-refractivity contribution is 7.89. The normalized spacial score (nSPS) is 22.0. The Morgan fingerprint density at radius 3 is 2.67 bits per heavy atom. The summed E-state index contributed by atoms with van der Waals surface area (Å²) in [5.74, 6) is 0.466. The number of rotatable bonds is 4. The minimum absolute atomic E-state index is 0.0343. The number of hydrogen-bond donors (Lipinski definition) is 2. The van der Waals surface area contributed by atoms with Crippen molar-refractivity contribution < 1.29 is 8.42 Å². The van der Waals surface area contributed by atoms with Gasteiger partial charge in [0.05, 0.1) is 5.02 Å². The van der Waals surface area contributed by atoms with Gasteiger partial charge in [-0.15, -0.1) is 0 Å². The summed E-state index contributed by atoms with van der Waals surface area (Å²) in [4.78, 5) is 4.13. The van der Waals surface area contributed by atoms with Crippen LogP contribution in [0.3, 0.4) is 0 Å². The van der Waals surface area contributed by atoms with Crippen LogP contribution in [0.1, 0.15) is 39.5 Å². The summed E-state index contributed by atoms with van der Waals surface area (Å²) in [6, 6.07) is 1.37. The predicted octanol–water partition coefficient (Wildman–Crippen LogP) is 3.02. The highest BCUT2D eigenvalue weighted by Gasteiger charge is 2.35. The molecule has 5 nitrogen and oxygen atoms in total. The second-order valence-corrected chi connectivity index (χ2v) is 8.28. The molecule has 1 unspecified atom stereocenters. The summed E-state index contributed by atoms with van der Waals surface area (Å²) < 4.78 is 27.8. The fraction of sp³-hybridized carbons (Fsp3) is 0.643. The third kappa shape index (κ3) is 3.67. The highest BCUT2D eigenvalue weighted by Crippen LogP contribution is 2.36. The third-order valence-electron chi connectivity index (χ3n) is 4.17. The number of sulfonamides is 1. The highest BCUT2D eigenvalue weighted by atomic mass is 35.5. The smallest absolute Gasteiger partial charge is 0.242 e. The predicted molar refractivity (Wildman–Crippen MR) is 85.2 cm³/mol. The van der Waals surface area contributed by atoms with Gasteiger partial charge in [0, 0.05) is 19.3 Å². The molecule has 1 aromatic heterocycles. The lowest BCUT2D eigenvalue weighted by Crippen LogP contribution is -2.46. The molecule has 0 aromatic carbocycles. The second-order valence-electron chi connectivity index (χ2n) is 6.16. The standard InChI is InChI=1S/C14H22ClN3O2S/c1-14(2)7-5-4-6-12(14)18-21(19,20)10-8-11(15)13(16-3)17-9-10/h8-9,12,18H,4-7H2,1-3H3,(H,16,17). The van der Waals surface area contributed by atoms with E-state index in [-0.39, 0.29) is 16.4 Å². The van der Waals surface area contributed by atoms with Crippen molar-refractivity contribution in [2.75, 3.05) is 12.4 Å². The van der Waals surface area contributed by atoms with E-state index in [1.165, 1.54) is 12.3 Å². The van der Waals surface area contributed by atoms with Gasteiger partial charge >= 0.3 is 0 Å². The Balaban J connectivity index is 2.24. The van der Waals surface area contributed by atoms with E-state index < -0.39 is 10.0 Å². The topological polar surface area (TPSA) is 71.1 Å². The fourth-order valence-corrected chi connectivity index (χ4v) is 4.46. The lowest BCUT2D eigenvalue weighted by Gasteiger charge is -2.38. The molecule has 1 aliphatic carbocycles. The molecule has 0 aliphatic heterocycles. The van der Waals surface area contributed by atoms with E-state index in [0.29, 0.717) is 10.8 Å². The van der Waals surface area contributed by atoms with Crippen LogP contribution in [0, 0.1) is 5.41 Å². The van der Waals surface area contributed by atoms with Crippen LogP contribution >= 0.6 is 11.6 Å². The molecule has 1 saturated carbocycles. The Morgan fingerprint density at radius 1 is 1.38 bits per heavy atom. The zero-order chi connectivity index (χ0) is 15.7. The molecule has 1 heterocycles. The summed E-state index contributed by atoms with van der Waals surface area (Å²) >= 11 is 6.02. The maximum absolute atomic E-state index is 12.5. The first-order valence-corrected chi connectivity index (χ1v) is 8.98. The van der Waals surface area contributed by atoms with Gasteiger partial charge < -0.3 is 5.32 Å². The van der Waals surface area contributed by atoms with E-state index in [4.69, 9.17) is 11.6 Å². The molecular formula is C14H22ClN3O2S. The minimum atomic E-state index is -3.60. The fourth-order valence-electron chi connectivity index (χ4n) is 2.72. The molecule has 1 aliphatic rings. The molecule has 21 heavy (non-hydrogen) atoms. The van der Waals surface area contributed by atoms with Gasteiger partial charge in [0.1, 0.15) is 10.7 Å². The Hall–Kier alpha value is -0.850. The van der Waals surface area contributed by atoms with E-state index in [2.05, 4.69) is 28.9 Å². The van der Waals surface area contributed by atoms with Gasteiger partial charge in [-0.05, 0) is 24.3 Å². The second kappa shape index (κ2) is 6.10. The van der Waals surface area contributed by atoms with Crippen LogP contribution in [0.4, 0.5) is 5.82 Å². The minimum Gasteiger partial charge on any atom is -0.372 e. The Morgan fingerprint density at radius 2 is 2.10 bits per heavy atom. The van der Waals surface area contributed by atoms with Crippen molar-refractivity contribution in [1.29, 1.82) is 0 Å². The number of nitrogens with one attached hydrogen (secondary N) is 2. The number of aromatic nitrogens is 1. The zero-order valence-corrected chi connectivity index (χ0v) is 14.2. The van der Waals surface area contributed by atoms with Crippen LogP contribution in [0.2, 0.25) is 5.02 Å². The van der Waals surface area contributed by atoms with Crippen molar-refractivity contribution in [1.82, 2.24) is 9.71 Å². The molecule has 2 rings (SSSR count). The molecule has 118 valence electrons. The van der Waals surface area contributed by atoms with Crippen molar-refractivity contribution in [3.8, 4) is 0 Å². The quantitative estimate of drug-likeness (QED) is 0.889. The van der Waals surface area contributed by atoms with Gasteiger partial charge in [0.25, 0.3) is 0 Å². The molecule has 7 heteroatoms. The summed E-state index contributed by atoms with van der Waals surface area (Å²) in [7, 11) is -1.92. The summed E-state index contributed by atoms with van der Waals surface area (Å²) in [6.45, 7) is 4.21. The number of halogens is 1. The van der Waals surface area contributed by atoms with Crippen molar-refractivity contribution >= 4 is 27.4 Å². The van der Waals surface area contributed by atoms with Gasteiger partial charge in [0.2, 0.25) is 10.0 Å². The van der Waals surface area contributed by atoms with Crippen LogP contribution < -0.4 is 10.0 Å². The molecule has 1 aromatic rings. The average molecular weight is 332 g/mol. The van der Waals surface area contributed by atoms with Gasteiger partial charge in [-0.2, -0.15) is 0 Å². The number of nitrogens with zero attached hydrogens (tertiary/aromatic N) is 1. The summed E-state index contributed by atoms with van der Waals surface area (Å²) in [6.07, 6.45) is 5.42. The Kier molecular flexibility index (Phi) is 4.80. The molecule has 0 amide bonds. The van der Waals surface area contributed by atoms with E-state index in [1.807, 2.05) is 0 Å². The van der Waals surface area contributed by atoms with E-state index in [1.54, 1.807) is 7.05 Å². The van der Waals surface area contributed by atoms with Gasteiger partial charge in [-0.1, -0.05) is 38.3 Å². The van der Waals surface area contributed by atoms with Crippen molar-refractivity contribution in [2.45, 2.75) is 50.5 Å². The van der Waals surface area contributed by atoms with Crippen LogP contribution in [0.15, 0.2) is 17.2 Å². The molecule has 2 N–H and O–H groups in total. The molecule has 0 spiro atoms. The molecule has 0 bridgehead atoms. The largest absolute Gasteiger partial charge is 0.372 e. The van der Waals surface area contributed by atoms with E-state index in [0.717, 1.165) is 25.7 Å². The third-order valence-corrected chi connectivity index (χ3v) is 5.89. The first-order valence-electron chi connectivity index (χ1n) is 7.12. The maximum atomic E-state index is 12.5. The molecule has 1 fully saturated rings. The van der Waals surface area contributed by atoms with Gasteiger partial charge in [-0.3, -0.25) is 0 Å². The molecule has 1 atom stereocenters. The van der Waals surface area contributed by atoms with Crippen molar-refractivity contribution in [3.05, 3.63) is 17.3 Å².